The molecule has 0 fully saturated rings. The predicted octanol–water partition coefficient (Wildman–Crippen LogP) is 3.95. The van der Waals surface area contributed by atoms with Gasteiger partial charge in [-0.2, -0.15) is 4.98 Å². The molecule has 2 atom stereocenters. The van der Waals surface area contributed by atoms with E-state index in [2.05, 4.69) is 15.4 Å². The van der Waals surface area contributed by atoms with Gasteiger partial charge in [0.05, 0.1) is 14.2 Å². The number of hydrogen-bond donors (Lipinski definition) is 2. The van der Waals surface area contributed by atoms with Crippen molar-refractivity contribution in [3.63, 3.8) is 0 Å². The lowest BCUT2D eigenvalue weighted by Crippen LogP contribution is -2.33. The van der Waals surface area contributed by atoms with Crippen molar-refractivity contribution in [3.05, 3.63) is 69.9 Å². The summed E-state index contributed by atoms with van der Waals surface area (Å²) in [6.07, 6.45) is 1.01. The van der Waals surface area contributed by atoms with Gasteiger partial charge in [-0.05, 0) is 47.7 Å². The van der Waals surface area contributed by atoms with Gasteiger partial charge in [0.25, 0.3) is 0 Å². The highest BCUT2D eigenvalue weighted by Crippen LogP contribution is 2.45. The van der Waals surface area contributed by atoms with Crippen LogP contribution in [0.25, 0.3) is 0 Å². The molecule has 9 heteroatoms. The van der Waals surface area contributed by atoms with E-state index in [9.17, 15) is 4.79 Å². The molecule has 1 aliphatic carbocycles. The number of ketones is 1. The molecule has 0 saturated heterocycles. The molecular weight excluding hydrogens is 430 g/mol. The molecule has 164 valence electrons. The third-order valence-corrected chi connectivity index (χ3v) is 6.21. The van der Waals surface area contributed by atoms with E-state index in [-0.39, 0.29) is 17.6 Å². The number of allylic oxidation sites excluding steroid dienone is 2. The second-order valence-electron chi connectivity index (χ2n) is 7.86. The van der Waals surface area contributed by atoms with Crippen LogP contribution < -0.4 is 20.5 Å². The van der Waals surface area contributed by atoms with Crippen LogP contribution in [0.3, 0.4) is 0 Å². The first-order valence-electron chi connectivity index (χ1n) is 10.2. The van der Waals surface area contributed by atoms with Crippen LogP contribution in [0, 0.1) is 0 Å². The van der Waals surface area contributed by atoms with Crippen molar-refractivity contribution in [1.82, 2.24) is 14.8 Å². The van der Waals surface area contributed by atoms with Gasteiger partial charge < -0.3 is 20.5 Å². The highest BCUT2D eigenvalue weighted by Gasteiger charge is 2.39. The third kappa shape index (κ3) is 3.36. The number of nitrogens with two attached hydrogens (primary N) is 1. The number of nitrogens with one attached hydrogen (secondary N) is 1. The fourth-order valence-corrected chi connectivity index (χ4v) is 4.75. The largest absolute Gasteiger partial charge is 0.493 e. The molecule has 2 aliphatic rings. The van der Waals surface area contributed by atoms with Crippen LogP contribution in [0.15, 0.2) is 53.7 Å². The monoisotopic (exact) mass is 451 g/mol. The Morgan fingerprint density at radius 3 is 2.66 bits per heavy atom. The Hall–Kier alpha value is -3.52. The second kappa shape index (κ2) is 7.87. The van der Waals surface area contributed by atoms with Crippen molar-refractivity contribution in [3.8, 4) is 11.5 Å². The van der Waals surface area contributed by atoms with Crippen molar-refractivity contribution in [1.29, 1.82) is 0 Å². The number of ether oxygens (including phenoxy) is 2. The van der Waals surface area contributed by atoms with E-state index in [4.69, 9.17) is 26.8 Å². The molecule has 32 heavy (non-hydrogen) atoms. The number of Topliss-reactive ketones (excluding diaryl/α,β-unsaturated/α-hetero) is 1. The molecule has 0 amide bonds. The van der Waals surface area contributed by atoms with Gasteiger partial charge in [-0.25, -0.2) is 4.68 Å². The molecule has 0 spiro atoms. The molecule has 8 nitrogen and oxygen atoms in total. The number of rotatable bonds is 4. The van der Waals surface area contributed by atoms with Crippen molar-refractivity contribution >= 4 is 29.3 Å². The fourth-order valence-electron chi connectivity index (χ4n) is 4.56. The maximum absolute atomic E-state index is 13.5. The molecule has 1 aliphatic heterocycles. The van der Waals surface area contributed by atoms with Gasteiger partial charge in [0.2, 0.25) is 11.9 Å². The Balaban J connectivity index is 1.58. The van der Waals surface area contributed by atoms with Gasteiger partial charge in [0, 0.05) is 22.7 Å². The molecule has 2 heterocycles. The summed E-state index contributed by atoms with van der Waals surface area (Å²) >= 11 is 6.26. The van der Waals surface area contributed by atoms with Crippen LogP contribution in [-0.2, 0) is 4.79 Å². The molecule has 0 saturated carbocycles. The van der Waals surface area contributed by atoms with Gasteiger partial charge in [-0.3, -0.25) is 4.79 Å². The molecule has 0 unspecified atom stereocenters. The summed E-state index contributed by atoms with van der Waals surface area (Å²) in [5, 5.41) is 8.23. The Kier molecular flexibility index (Phi) is 5.01. The molecule has 2 aromatic carbocycles. The molecular formula is C23H22ClN5O3. The quantitative estimate of drug-likeness (QED) is 0.618. The topological polar surface area (TPSA) is 104 Å². The lowest BCUT2D eigenvalue weighted by atomic mass is 9.78. The van der Waals surface area contributed by atoms with Crippen LogP contribution in [0.4, 0.5) is 11.9 Å². The van der Waals surface area contributed by atoms with E-state index in [0.717, 1.165) is 16.8 Å². The number of nitrogens with zero attached hydrogens (tertiary/aromatic N) is 3. The Bertz CT molecular complexity index is 1250. The van der Waals surface area contributed by atoms with Crippen LogP contribution in [-0.4, -0.2) is 34.8 Å². The predicted molar refractivity (Wildman–Crippen MR) is 121 cm³/mol. The lowest BCUT2D eigenvalue weighted by molar-refractivity contribution is -0.116. The lowest BCUT2D eigenvalue weighted by Gasteiger charge is -2.35. The standard InChI is InChI=1S/C23H22ClN5O3/c1-31-18-7-6-12(11-19(18)32-2)14-9-16-20(17(30)10-14)21(13-4-3-5-15(24)8-13)29-23(26-16)27-22(25)28-29/h3-8,11,14,21H,9-10H2,1-2H3,(H3,25,26,27,28)/t14-,21-/m1/s1. The van der Waals surface area contributed by atoms with E-state index in [0.29, 0.717) is 40.9 Å². The first-order valence-corrected chi connectivity index (χ1v) is 10.6. The summed E-state index contributed by atoms with van der Waals surface area (Å²) in [6.45, 7) is 0. The van der Waals surface area contributed by atoms with Crippen LogP contribution in [0.1, 0.15) is 35.9 Å². The SMILES string of the molecule is COc1ccc([C@H]2CC(=O)C3=C(C2)Nc2nc(N)nn2[C@@H]3c2cccc(Cl)c2)cc1OC. The minimum Gasteiger partial charge on any atom is -0.493 e. The van der Waals surface area contributed by atoms with Gasteiger partial charge >= 0.3 is 0 Å². The van der Waals surface area contributed by atoms with Gasteiger partial charge in [0.1, 0.15) is 6.04 Å². The Labute approximate surface area is 190 Å². The number of anilines is 2. The summed E-state index contributed by atoms with van der Waals surface area (Å²) in [7, 11) is 3.20. The molecule has 3 aromatic rings. The molecule has 0 radical (unpaired) electrons. The highest BCUT2D eigenvalue weighted by molar-refractivity contribution is 6.30. The van der Waals surface area contributed by atoms with Crippen LogP contribution in [0.5, 0.6) is 11.5 Å². The number of carbonyl (C=O) groups is 1. The van der Waals surface area contributed by atoms with Gasteiger partial charge in [0.15, 0.2) is 17.3 Å². The normalized spacial score (nSPS) is 19.8. The minimum atomic E-state index is -0.441. The minimum absolute atomic E-state index is 0.0135. The number of carbonyl (C=O) groups excluding carboxylic acids is 1. The summed E-state index contributed by atoms with van der Waals surface area (Å²) in [5.74, 6) is 1.97. The zero-order valence-corrected chi connectivity index (χ0v) is 18.4. The number of hydrogen-bond acceptors (Lipinski definition) is 7. The number of benzene rings is 2. The smallest absolute Gasteiger partial charge is 0.241 e. The summed E-state index contributed by atoms with van der Waals surface area (Å²) < 4.78 is 12.5. The Morgan fingerprint density at radius 2 is 1.91 bits per heavy atom. The van der Waals surface area contributed by atoms with Crippen LogP contribution >= 0.6 is 11.6 Å². The van der Waals surface area contributed by atoms with Gasteiger partial charge in [-0.15, -0.1) is 5.10 Å². The average Bonchev–Trinajstić information content (AvgIpc) is 3.16. The number of nitrogen functional groups attached to an aromatic ring is 1. The number of fused-ring (bicyclic) bond motifs is 1. The summed E-state index contributed by atoms with van der Waals surface area (Å²) in [5.41, 5.74) is 9.25. The van der Waals surface area contributed by atoms with E-state index in [1.165, 1.54) is 0 Å². The van der Waals surface area contributed by atoms with E-state index < -0.39 is 6.04 Å². The van der Waals surface area contributed by atoms with Gasteiger partial charge in [-0.1, -0.05) is 29.8 Å². The first-order chi connectivity index (χ1) is 15.5. The molecule has 1 aromatic heterocycles. The maximum atomic E-state index is 13.5. The second-order valence-corrected chi connectivity index (χ2v) is 8.29. The Morgan fingerprint density at radius 1 is 1.09 bits per heavy atom. The average molecular weight is 452 g/mol. The van der Waals surface area contributed by atoms with Crippen molar-refractivity contribution < 1.29 is 14.3 Å². The van der Waals surface area contributed by atoms with Crippen molar-refractivity contribution in [2.24, 2.45) is 0 Å². The zero-order chi connectivity index (χ0) is 22.4. The fraction of sp³-hybridized carbons (Fsp3) is 0.261. The first kappa shape index (κ1) is 20.4. The van der Waals surface area contributed by atoms with Crippen molar-refractivity contribution in [2.75, 3.05) is 25.3 Å². The molecule has 5 rings (SSSR count). The van der Waals surface area contributed by atoms with E-state index >= 15 is 0 Å². The number of halogens is 1. The molecule has 3 N–H and O–H groups in total. The highest BCUT2D eigenvalue weighted by atomic mass is 35.5. The summed E-state index contributed by atoms with van der Waals surface area (Å²) in [4.78, 5) is 17.8. The number of aromatic nitrogens is 3. The number of methoxy groups -OCH3 is 2. The van der Waals surface area contributed by atoms with Crippen LogP contribution in [0.2, 0.25) is 5.02 Å². The van der Waals surface area contributed by atoms with E-state index in [1.807, 2.05) is 36.4 Å². The molecule has 0 bridgehead atoms. The maximum Gasteiger partial charge on any atom is 0.241 e. The summed E-state index contributed by atoms with van der Waals surface area (Å²) in [6, 6.07) is 12.8. The zero-order valence-electron chi connectivity index (χ0n) is 17.6. The van der Waals surface area contributed by atoms with Crippen molar-refractivity contribution in [2.45, 2.75) is 24.8 Å². The van der Waals surface area contributed by atoms with E-state index in [1.54, 1.807) is 25.0 Å². The third-order valence-electron chi connectivity index (χ3n) is 5.98.